The largest absolute Gasteiger partial charge is 0.494 e. The highest BCUT2D eigenvalue weighted by atomic mass is 16.5. The Bertz CT molecular complexity index is 1380. The van der Waals surface area contributed by atoms with E-state index in [2.05, 4.69) is 16.0 Å². The predicted molar refractivity (Wildman–Crippen MR) is 135 cm³/mol. The number of carbonyl (C=O) groups is 3. The van der Waals surface area contributed by atoms with Gasteiger partial charge in [0.15, 0.2) is 5.76 Å². The molecular formula is C27H23N3O6. The molecule has 0 fully saturated rings. The molecular weight excluding hydrogens is 462 g/mol. The lowest BCUT2D eigenvalue weighted by Gasteiger charge is -2.16. The molecule has 36 heavy (non-hydrogen) atoms. The Morgan fingerprint density at radius 1 is 0.639 bits per heavy atom. The molecule has 0 aliphatic carbocycles. The van der Waals surface area contributed by atoms with Crippen LogP contribution in [-0.2, 0) is 0 Å². The van der Waals surface area contributed by atoms with Crippen LogP contribution in [0.1, 0.15) is 31.3 Å². The zero-order valence-corrected chi connectivity index (χ0v) is 19.5. The fraction of sp³-hybridized carbons (Fsp3) is 0.0741. The number of furan rings is 1. The lowest BCUT2D eigenvalue weighted by molar-refractivity contribution is 0.0992. The summed E-state index contributed by atoms with van der Waals surface area (Å²) in [5.74, 6) is -0.394. The van der Waals surface area contributed by atoms with Crippen molar-refractivity contribution in [2.24, 2.45) is 0 Å². The summed E-state index contributed by atoms with van der Waals surface area (Å²) in [4.78, 5) is 37.8. The van der Waals surface area contributed by atoms with Crippen molar-refractivity contribution in [3.05, 3.63) is 102 Å². The number of hydrogen-bond acceptors (Lipinski definition) is 6. The SMILES string of the molecule is COc1cc(NC(=O)c2cccc(NC(=O)c3ccco3)c2)c(OC)cc1NC(=O)c1ccccc1. The van der Waals surface area contributed by atoms with Gasteiger partial charge in [-0.1, -0.05) is 24.3 Å². The van der Waals surface area contributed by atoms with E-state index in [0.29, 0.717) is 39.7 Å². The third-order valence-corrected chi connectivity index (χ3v) is 5.18. The number of hydrogen-bond donors (Lipinski definition) is 3. The van der Waals surface area contributed by atoms with Crippen LogP contribution in [0.5, 0.6) is 11.5 Å². The summed E-state index contributed by atoms with van der Waals surface area (Å²) in [6.07, 6.45) is 1.40. The van der Waals surface area contributed by atoms with E-state index in [1.54, 1.807) is 60.7 Å². The minimum Gasteiger partial charge on any atom is -0.494 e. The minimum absolute atomic E-state index is 0.154. The number of carbonyl (C=O) groups excluding carboxylic acids is 3. The van der Waals surface area contributed by atoms with Crippen LogP contribution in [0.4, 0.5) is 17.1 Å². The van der Waals surface area contributed by atoms with Crippen molar-refractivity contribution in [2.45, 2.75) is 0 Å². The van der Waals surface area contributed by atoms with Gasteiger partial charge >= 0.3 is 0 Å². The number of amides is 3. The zero-order valence-electron chi connectivity index (χ0n) is 19.5. The number of methoxy groups -OCH3 is 2. The third-order valence-electron chi connectivity index (χ3n) is 5.18. The van der Waals surface area contributed by atoms with Crippen LogP contribution in [0, 0.1) is 0 Å². The van der Waals surface area contributed by atoms with Gasteiger partial charge in [0.25, 0.3) is 17.7 Å². The average molecular weight is 485 g/mol. The number of ether oxygens (including phenoxy) is 2. The molecule has 182 valence electrons. The third kappa shape index (κ3) is 5.53. The van der Waals surface area contributed by atoms with Gasteiger partial charge in [0, 0.05) is 28.9 Å². The summed E-state index contributed by atoms with van der Waals surface area (Å²) in [6, 6.07) is 21.5. The van der Waals surface area contributed by atoms with Gasteiger partial charge in [-0.3, -0.25) is 14.4 Å². The van der Waals surface area contributed by atoms with Crippen LogP contribution in [0.15, 0.2) is 89.5 Å². The highest BCUT2D eigenvalue weighted by Gasteiger charge is 2.17. The van der Waals surface area contributed by atoms with Gasteiger partial charge in [-0.15, -0.1) is 0 Å². The Morgan fingerprint density at radius 3 is 1.83 bits per heavy atom. The van der Waals surface area contributed by atoms with Crippen LogP contribution in [-0.4, -0.2) is 31.9 Å². The van der Waals surface area contributed by atoms with Crippen LogP contribution in [0.2, 0.25) is 0 Å². The van der Waals surface area contributed by atoms with E-state index in [1.807, 2.05) is 6.07 Å². The highest BCUT2D eigenvalue weighted by molar-refractivity contribution is 6.08. The maximum atomic E-state index is 13.0. The molecule has 4 aromatic rings. The standard InChI is InChI=1S/C27H23N3O6/c1-34-23-16-21(24(35-2)15-20(23)29-25(31)17-8-4-3-5-9-17)30-26(32)18-10-6-11-19(14-18)28-27(33)22-12-7-13-36-22/h3-16H,1-2H3,(H,28,33)(H,29,31)(H,30,32). The summed E-state index contributed by atoms with van der Waals surface area (Å²) in [6.45, 7) is 0. The maximum Gasteiger partial charge on any atom is 0.291 e. The van der Waals surface area contributed by atoms with Crippen molar-refractivity contribution in [3.8, 4) is 11.5 Å². The molecule has 0 aliphatic heterocycles. The monoisotopic (exact) mass is 485 g/mol. The van der Waals surface area contributed by atoms with Crippen LogP contribution in [0.3, 0.4) is 0 Å². The van der Waals surface area contributed by atoms with Crippen molar-refractivity contribution in [1.29, 1.82) is 0 Å². The first-order chi connectivity index (χ1) is 17.5. The molecule has 0 radical (unpaired) electrons. The summed E-state index contributed by atoms with van der Waals surface area (Å²) in [5.41, 5.74) is 1.92. The van der Waals surface area contributed by atoms with Crippen molar-refractivity contribution < 1.29 is 28.3 Å². The molecule has 0 spiro atoms. The van der Waals surface area contributed by atoms with E-state index in [1.165, 1.54) is 32.6 Å². The number of rotatable bonds is 8. The summed E-state index contributed by atoms with van der Waals surface area (Å²) in [5, 5.41) is 8.27. The van der Waals surface area contributed by atoms with Crippen LogP contribution < -0.4 is 25.4 Å². The van der Waals surface area contributed by atoms with E-state index < -0.39 is 11.8 Å². The molecule has 3 N–H and O–H groups in total. The predicted octanol–water partition coefficient (Wildman–Crippen LogP) is 5.05. The number of nitrogens with one attached hydrogen (secondary N) is 3. The maximum absolute atomic E-state index is 13.0. The minimum atomic E-state index is -0.439. The molecule has 9 heteroatoms. The molecule has 3 amide bonds. The molecule has 0 unspecified atom stereocenters. The van der Waals surface area contributed by atoms with Gasteiger partial charge in [0.2, 0.25) is 0 Å². The molecule has 0 saturated heterocycles. The summed E-state index contributed by atoms with van der Waals surface area (Å²) >= 11 is 0. The van der Waals surface area contributed by atoms with Gasteiger partial charge in [-0.2, -0.15) is 0 Å². The van der Waals surface area contributed by atoms with E-state index in [-0.39, 0.29) is 11.7 Å². The second-order valence-electron chi connectivity index (χ2n) is 7.54. The van der Waals surface area contributed by atoms with E-state index in [4.69, 9.17) is 13.9 Å². The fourth-order valence-corrected chi connectivity index (χ4v) is 3.41. The topological polar surface area (TPSA) is 119 Å². The zero-order chi connectivity index (χ0) is 25.5. The van der Waals surface area contributed by atoms with Crippen LogP contribution in [0.25, 0.3) is 0 Å². The molecule has 3 aromatic carbocycles. The van der Waals surface area contributed by atoms with Crippen molar-refractivity contribution >= 4 is 34.8 Å². The smallest absolute Gasteiger partial charge is 0.291 e. The summed E-state index contributed by atoms with van der Waals surface area (Å²) in [7, 11) is 2.90. The average Bonchev–Trinajstić information content (AvgIpc) is 3.45. The van der Waals surface area contributed by atoms with Gasteiger partial charge in [-0.25, -0.2) is 0 Å². The van der Waals surface area contributed by atoms with Crippen molar-refractivity contribution in [3.63, 3.8) is 0 Å². The first-order valence-electron chi connectivity index (χ1n) is 10.9. The Hall–Kier alpha value is -5.05. The lowest BCUT2D eigenvalue weighted by Crippen LogP contribution is -2.16. The molecule has 0 bridgehead atoms. The number of benzene rings is 3. The Balaban J connectivity index is 1.53. The van der Waals surface area contributed by atoms with Gasteiger partial charge in [0.05, 0.1) is 31.9 Å². The number of anilines is 3. The molecule has 9 nitrogen and oxygen atoms in total. The normalized spacial score (nSPS) is 10.3. The quantitative estimate of drug-likeness (QED) is 0.321. The fourth-order valence-electron chi connectivity index (χ4n) is 3.41. The lowest BCUT2D eigenvalue weighted by atomic mass is 10.1. The second kappa shape index (κ2) is 10.9. The Labute approximate surface area is 207 Å². The summed E-state index contributed by atoms with van der Waals surface area (Å²) < 4.78 is 16.0. The molecule has 0 aliphatic rings. The van der Waals surface area contributed by atoms with Gasteiger partial charge in [-0.05, 0) is 42.5 Å². The van der Waals surface area contributed by atoms with Crippen molar-refractivity contribution in [1.82, 2.24) is 0 Å². The second-order valence-corrected chi connectivity index (χ2v) is 7.54. The Kier molecular flexibility index (Phi) is 7.30. The van der Waals surface area contributed by atoms with E-state index in [9.17, 15) is 14.4 Å². The first-order valence-corrected chi connectivity index (χ1v) is 10.9. The molecule has 0 atom stereocenters. The van der Waals surface area contributed by atoms with Gasteiger partial charge in [0.1, 0.15) is 11.5 Å². The van der Waals surface area contributed by atoms with Crippen LogP contribution >= 0.6 is 0 Å². The Morgan fingerprint density at radius 2 is 1.25 bits per heavy atom. The van der Waals surface area contributed by atoms with Gasteiger partial charge < -0.3 is 29.8 Å². The van der Waals surface area contributed by atoms with E-state index >= 15 is 0 Å². The molecule has 1 aromatic heterocycles. The molecule has 4 rings (SSSR count). The van der Waals surface area contributed by atoms with E-state index in [0.717, 1.165) is 0 Å². The molecule has 0 saturated carbocycles. The molecule has 1 heterocycles. The highest BCUT2D eigenvalue weighted by Crippen LogP contribution is 2.37. The first kappa shape index (κ1) is 24.1. The van der Waals surface area contributed by atoms with Crippen molar-refractivity contribution in [2.75, 3.05) is 30.2 Å².